The summed E-state index contributed by atoms with van der Waals surface area (Å²) in [4.78, 5) is 17.2. The molecule has 5 heteroatoms. The average Bonchev–Trinajstić information content (AvgIpc) is 2.65. The van der Waals surface area contributed by atoms with Crippen LogP contribution in [0.2, 0.25) is 0 Å². The molecule has 0 aliphatic heterocycles. The number of likely N-dealkylation sites (N-methyl/N-ethyl adjacent to an activating group) is 1. The van der Waals surface area contributed by atoms with Gasteiger partial charge in [-0.15, -0.1) is 0 Å². The van der Waals surface area contributed by atoms with E-state index in [1.54, 1.807) is 18.1 Å². The van der Waals surface area contributed by atoms with Gasteiger partial charge in [-0.3, -0.25) is 4.79 Å². The van der Waals surface area contributed by atoms with Crippen LogP contribution in [0.25, 0.3) is 0 Å². The highest BCUT2D eigenvalue weighted by Crippen LogP contribution is 2.01. The van der Waals surface area contributed by atoms with Crippen molar-refractivity contribution < 1.29 is 9.90 Å². The number of amides is 1. The molecular formula is C11H19N3O2. The predicted octanol–water partition coefficient (Wildman–Crippen LogP) is 0.422. The second-order valence-electron chi connectivity index (χ2n) is 3.81. The maximum atomic E-state index is 11.5. The Balaban J connectivity index is 2.25. The topological polar surface area (TPSA) is 58.4 Å². The second kappa shape index (κ2) is 6.27. The molecule has 1 rings (SSSR count). The Morgan fingerprint density at radius 1 is 1.62 bits per heavy atom. The number of aliphatic hydroxyl groups is 1. The fourth-order valence-corrected chi connectivity index (χ4v) is 1.51. The third-order valence-corrected chi connectivity index (χ3v) is 2.57. The summed E-state index contributed by atoms with van der Waals surface area (Å²) in [6.45, 7) is 3.18. The van der Waals surface area contributed by atoms with Gasteiger partial charge in [-0.1, -0.05) is 0 Å². The van der Waals surface area contributed by atoms with Crippen LogP contribution in [0.4, 0.5) is 0 Å². The molecule has 0 saturated heterocycles. The van der Waals surface area contributed by atoms with E-state index in [-0.39, 0.29) is 12.5 Å². The van der Waals surface area contributed by atoms with Crippen LogP contribution in [0.15, 0.2) is 12.4 Å². The van der Waals surface area contributed by atoms with E-state index in [0.717, 1.165) is 18.8 Å². The number of hydrogen-bond donors (Lipinski definition) is 1. The summed E-state index contributed by atoms with van der Waals surface area (Å²) in [5.41, 5.74) is 0. The highest BCUT2D eigenvalue weighted by molar-refractivity contribution is 5.75. The van der Waals surface area contributed by atoms with Gasteiger partial charge in [-0.05, 0) is 13.3 Å². The van der Waals surface area contributed by atoms with Gasteiger partial charge in [0.2, 0.25) is 5.91 Å². The van der Waals surface area contributed by atoms with Crippen molar-refractivity contribution in [1.82, 2.24) is 14.5 Å². The van der Waals surface area contributed by atoms with Crippen LogP contribution in [-0.2, 0) is 11.3 Å². The molecular weight excluding hydrogens is 206 g/mol. The van der Waals surface area contributed by atoms with Crippen molar-refractivity contribution in [1.29, 1.82) is 0 Å². The highest BCUT2D eigenvalue weighted by atomic mass is 16.3. The molecule has 0 unspecified atom stereocenters. The molecule has 0 bridgehead atoms. The van der Waals surface area contributed by atoms with Crippen molar-refractivity contribution >= 4 is 5.91 Å². The van der Waals surface area contributed by atoms with Crippen LogP contribution in [0.3, 0.4) is 0 Å². The third-order valence-electron chi connectivity index (χ3n) is 2.57. The maximum absolute atomic E-state index is 11.5. The Labute approximate surface area is 95.7 Å². The van der Waals surface area contributed by atoms with Gasteiger partial charge in [0.25, 0.3) is 0 Å². The standard InChI is InChI=1S/C11H19N3O2/c1-10-12-5-7-14(10)6-3-4-11(16)13(2)8-9-15/h5,7,15H,3-4,6,8-9H2,1-2H3. The lowest BCUT2D eigenvalue weighted by atomic mass is 10.2. The predicted molar refractivity (Wildman–Crippen MR) is 60.9 cm³/mol. The van der Waals surface area contributed by atoms with E-state index in [1.165, 1.54) is 0 Å². The molecule has 0 aliphatic rings. The van der Waals surface area contributed by atoms with Crippen LogP contribution >= 0.6 is 0 Å². The van der Waals surface area contributed by atoms with Gasteiger partial charge in [0.1, 0.15) is 5.82 Å². The molecule has 1 aromatic rings. The number of imidazole rings is 1. The molecule has 16 heavy (non-hydrogen) atoms. The lowest BCUT2D eigenvalue weighted by molar-refractivity contribution is -0.130. The van der Waals surface area contributed by atoms with Crippen LogP contribution in [0.5, 0.6) is 0 Å². The third kappa shape index (κ3) is 3.66. The molecule has 0 fully saturated rings. The Morgan fingerprint density at radius 2 is 2.38 bits per heavy atom. The minimum absolute atomic E-state index is 0.0167. The Morgan fingerprint density at radius 3 is 2.94 bits per heavy atom. The van der Waals surface area contributed by atoms with Crippen molar-refractivity contribution in [2.75, 3.05) is 20.2 Å². The molecule has 5 nitrogen and oxygen atoms in total. The Hall–Kier alpha value is -1.36. The number of carbonyl (C=O) groups is 1. The fraction of sp³-hybridized carbons (Fsp3) is 0.636. The molecule has 1 aromatic heterocycles. The van der Waals surface area contributed by atoms with Crippen LogP contribution < -0.4 is 0 Å². The Bertz CT molecular complexity index is 336. The van der Waals surface area contributed by atoms with E-state index >= 15 is 0 Å². The maximum Gasteiger partial charge on any atom is 0.222 e. The summed E-state index contributed by atoms with van der Waals surface area (Å²) in [7, 11) is 1.71. The first-order valence-electron chi connectivity index (χ1n) is 5.47. The zero-order chi connectivity index (χ0) is 12.0. The van der Waals surface area contributed by atoms with E-state index in [1.807, 2.05) is 17.7 Å². The molecule has 0 atom stereocenters. The molecule has 0 spiro atoms. The van der Waals surface area contributed by atoms with Gasteiger partial charge in [-0.2, -0.15) is 0 Å². The van der Waals surface area contributed by atoms with Crippen molar-refractivity contribution in [3.05, 3.63) is 18.2 Å². The first kappa shape index (κ1) is 12.7. The van der Waals surface area contributed by atoms with Crippen molar-refractivity contribution in [2.45, 2.75) is 26.3 Å². The molecule has 0 saturated carbocycles. The van der Waals surface area contributed by atoms with E-state index in [4.69, 9.17) is 5.11 Å². The minimum atomic E-state index is 0.0167. The zero-order valence-corrected chi connectivity index (χ0v) is 9.89. The normalized spacial score (nSPS) is 10.4. The van der Waals surface area contributed by atoms with Gasteiger partial charge >= 0.3 is 0 Å². The van der Waals surface area contributed by atoms with Gasteiger partial charge in [-0.25, -0.2) is 4.98 Å². The van der Waals surface area contributed by atoms with Crippen molar-refractivity contribution in [2.24, 2.45) is 0 Å². The second-order valence-corrected chi connectivity index (χ2v) is 3.81. The molecule has 1 amide bonds. The number of carbonyl (C=O) groups excluding carboxylic acids is 1. The molecule has 1 N–H and O–H groups in total. The fourth-order valence-electron chi connectivity index (χ4n) is 1.51. The number of rotatable bonds is 6. The van der Waals surface area contributed by atoms with E-state index in [2.05, 4.69) is 4.98 Å². The van der Waals surface area contributed by atoms with Gasteiger partial charge in [0.15, 0.2) is 0 Å². The summed E-state index contributed by atoms with van der Waals surface area (Å²) in [6, 6.07) is 0. The molecule has 0 radical (unpaired) electrons. The number of aromatic nitrogens is 2. The minimum Gasteiger partial charge on any atom is -0.395 e. The number of aliphatic hydroxyl groups excluding tert-OH is 1. The number of hydrogen-bond acceptors (Lipinski definition) is 3. The van der Waals surface area contributed by atoms with Crippen molar-refractivity contribution in [3.8, 4) is 0 Å². The lowest BCUT2D eigenvalue weighted by Crippen LogP contribution is -2.29. The zero-order valence-electron chi connectivity index (χ0n) is 9.89. The highest BCUT2D eigenvalue weighted by Gasteiger charge is 2.07. The summed E-state index contributed by atoms with van der Waals surface area (Å²) >= 11 is 0. The number of aryl methyl sites for hydroxylation is 2. The van der Waals surface area contributed by atoms with Crippen molar-refractivity contribution in [3.63, 3.8) is 0 Å². The van der Waals surface area contributed by atoms with Gasteiger partial charge in [0.05, 0.1) is 6.61 Å². The summed E-state index contributed by atoms with van der Waals surface area (Å²) in [5.74, 6) is 1.04. The average molecular weight is 225 g/mol. The van der Waals surface area contributed by atoms with E-state index in [0.29, 0.717) is 13.0 Å². The van der Waals surface area contributed by atoms with Crippen LogP contribution in [-0.4, -0.2) is 45.7 Å². The molecule has 0 aromatic carbocycles. The quantitative estimate of drug-likeness (QED) is 0.763. The summed E-state index contributed by atoms with van der Waals surface area (Å²) < 4.78 is 2.03. The summed E-state index contributed by atoms with van der Waals surface area (Å²) in [5, 5.41) is 8.69. The largest absolute Gasteiger partial charge is 0.395 e. The first-order valence-corrected chi connectivity index (χ1v) is 5.47. The lowest BCUT2D eigenvalue weighted by Gasteiger charge is -2.15. The Kier molecular flexibility index (Phi) is 4.98. The summed E-state index contributed by atoms with van der Waals surface area (Å²) in [6.07, 6.45) is 4.98. The van der Waals surface area contributed by atoms with Crippen LogP contribution in [0, 0.1) is 6.92 Å². The van der Waals surface area contributed by atoms with Crippen LogP contribution in [0.1, 0.15) is 18.7 Å². The molecule has 0 aliphatic carbocycles. The molecule has 1 heterocycles. The first-order chi connectivity index (χ1) is 7.65. The smallest absolute Gasteiger partial charge is 0.222 e. The van der Waals surface area contributed by atoms with E-state index < -0.39 is 0 Å². The van der Waals surface area contributed by atoms with E-state index in [9.17, 15) is 4.79 Å². The van der Waals surface area contributed by atoms with Gasteiger partial charge in [0, 0.05) is 39.0 Å². The SMILES string of the molecule is Cc1nccn1CCCC(=O)N(C)CCO. The van der Waals surface area contributed by atoms with Gasteiger partial charge < -0.3 is 14.6 Å². The monoisotopic (exact) mass is 225 g/mol. The number of nitrogens with zero attached hydrogens (tertiary/aromatic N) is 3. The molecule has 90 valence electrons.